The van der Waals surface area contributed by atoms with Crippen LogP contribution in [0.3, 0.4) is 0 Å². The van der Waals surface area contributed by atoms with Gasteiger partial charge < -0.3 is 19.4 Å². The molecule has 1 N–H and O–H groups in total. The van der Waals surface area contributed by atoms with Crippen LogP contribution in [0.5, 0.6) is 11.5 Å². The van der Waals surface area contributed by atoms with E-state index in [2.05, 4.69) is 34.1 Å². The number of aryl methyl sites for hydroxylation is 1. The molecule has 4 rings (SSSR count). The number of nitrogens with zero attached hydrogens (tertiary/aromatic N) is 1. The number of amides is 1. The van der Waals surface area contributed by atoms with Crippen molar-refractivity contribution >= 4 is 5.91 Å². The summed E-state index contributed by atoms with van der Waals surface area (Å²) in [6.45, 7) is 2.80. The molecule has 1 saturated carbocycles. The number of ether oxygens (including phenoxy) is 2. The second kappa shape index (κ2) is 10.6. The van der Waals surface area contributed by atoms with Crippen LogP contribution in [0.15, 0.2) is 54.6 Å². The lowest BCUT2D eigenvalue weighted by molar-refractivity contribution is 0.0927. The van der Waals surface area contributed by atoms with Crippen molar-refractivity contribution in [3.63, 3.8) is 0 Å². The number of aromatic nitrogens is 1. The van der Waals surface area contributed by atoms with Crippen LogP contribution in [0.4, 0.5) is 0 Å². The van der Waals surface area contributed by atoms with Crippen LogP contribution in [0.25, 0.3) is 11.3 Å². The fourth-order valence-electron chi connectivity index (χ4n) is 4.80. The number of carbonyl (C=O) groups is 1. The highest BCUT2D eigenvalue weighted by atomic mass is 16.5. The molecule has 5 nitrogen and oxygen atoms in total. The van der Waals surface area contributed by atoms with E-state index in [4.69, 9.17) is 9.47 Å². The Hall–Kier alpha value is -3.21. The fourth-order valence-corrected chi connectivity index (χ4v) is 4.80. The van der Waals surface area contributed by atoms with Crippen molar-refractivity contribution in [1.29, 1.82) is 0 Å². The first-order valence-electron chi connectivity index (χ1n) is 11.9. The Morgan fingerprint density at radius 3 is 2.45 bits per heavy atom. The summed E-state index contributed by atoms with van der Waals surface area (Å²) in [5.74, 6) is 1.53. The predicted molar refractivity (Wildman–Crippen MR) is 132 cm³/mol. The van der Waals surface area contributed by atoms with Crippen LogP contribution in [0, 0.1) is 6.92 Å². The zero-order chi connectivity index (χ0) is 23.2. The second-order valence-electron chi connectivity index (χ2n) is 8.79. The SMILES string of the molecule is COc1ccc(OC)c(-c2cc(C(=O)NC3CCCCC3)c(C)n2CCc2ccccc2)c1. The third-order valence-corrected chi connectivity index (χ3v) is 6.70. The molecule has 33 heavy (non-hydrogen) atoms. The van der Waals surface area contributed by atoms with E-state index >= 15 is 0 Å². The van der Waals surface area contributed by atoms with Gasteiger partial charge in [0, 0.05) is 23.8 Å². The molecular formula is C28H34N2O3. The fraction of sp³-hybridized carbons (Fsp3) is 0.393. The van der Waals surface area contributed by atoms with Gasteiger partial charge in [0.1, 0.15) is 11.5 Å². The standard InChI is InChI=1S/C28H34N2O3/c1-20-24(28(31)29-22-12-8-5-9-13-22)19-26(25-18-23(32-2)14-15-27(25)33-3)30(20)17-16-21-10-6-4-7-11-21/h4,6-7,10-11,14-15,18-19,22H,5,8-9,12-13,16-17H2,1-3H3,(H,29,31). The van der Waals surface area contributed by atoms with E-state index in [1.54, 1.807) is 14.2 Å². The van der Waals surface area contributed by atoms with Gasteiger partial charge in [-0.1, -0.05) is 49.6 Å². The number of hydrogen-bond acceptors (Lipinski definition) is 3. The van der Waals surface area contributed by atoms with Gasteiger partial charge in [0.2, 0.25) is 0 Å². The molecule has 1 amide bonds. The van der Waals surface area contributed by atoms with E-state index in [0.29, 0.717) is 0 Å². The van der Waals surface area contributed by atoms with E-state index in [-0.39, 0.29) is 11.9 Å². The molecule has 1 aliphatic carbocycles. The average molecular weight is 447 g/mol. The highest BCUT2D eigenvalue weighted by Gasteiger charge is 2.23. The zero-order valence-corrected chi connectivity index (χ0v) is 19.9. The largest absolute Gasteiger partial charge is 0.497 e. The van der Waals surface area contributed by atoms with Crippen molar-refractivity contribution in [2.45, 2.75) is 58.0 Å². The van der Waals surface area contributed by atoms with Gasteiger partial charge in [-0.2, -0.15) is 0 Å². The lowest BCUT2D eigenvalue weighted by Crippen LogP contribution is -2.36. The van der Waals surface area contributed by atoms with Gasteiger partial charge in [-0.3, -0.25) is 4.79 Å². The van der Waals surface area contributed by atoms with Crippen LogP contribution in [-0.2, 0) is 13.0 Å². The van der Waals surface area contributed by atoms with E-state index in [1.807, 2.05) is 37.3 Å². The van der Waals surface area contributed by atoms with E-state index < -0.39 is 0 Å². The summed E-state index contributed by atoms with van der Waals surface area (Å²) in [7, 11) is 3.33. The molecule has 0 radical (unpaired) electrons. The van der Waals surface area contributed by atoms with Crippen LogP contribution in [-0.4, -0.2) is 30.7 Å². The quantitative estimate of drug-likeness (QED) is 0.477. The minimum Gasteiger partial charge on any atom is -0.497 e. The Labute approximate surface area is 196 Å². The topological polar surface area (TPSA) is 52.5 Å². The molecule has 0 aliphatic heterocycles. The summed E-state index contributed by atoms with van der Waals surface area (Å²) in [5.41, 5.74) is 4.85. The number of methoxy groups -OCH3 is 2. The molecule has 0 spiro atoms. The molecule has 0 unspecified atom stereocenters. The lowest BCUT2D eigenvalue weighted by atomic mass is 9.95. The maximum atomic E-state index is 13.3. The number of rotatable bonds is 8. The van der Waals surface area contributed by atoms with Gasteiger partial charge in [-0.15, -0.1) is 0 Å². The van der Waals surface area contributed by atoms with Crippen molar-refractivity contribution in [3.05, 3.63) is 71.4 Å². The molecule has 3 aromatic rings. The molecule has 174 valence electrons. The van der Waals surface area contributed by atoms with Crippen molar-refractivity contribution in [1.82, 2.24) is 9.88 Å². The molecule has 1 aromatic heterocycles. The summed E-state index contributed by atoms with van der Waals surface area (Å²) in [4.78, 5) is 13.3. The van der Waals surface area contributed by atoms with Crippen molar-refractivity contribution in [3.8, 4) is 22.8 Å². The predicted octanol–water partition coefficient (Wildman–Crippen LogP) is 5.79. The first-order chi connectivity index (χ1) is 16.1. The van der Waals surface area contributed by atoms with Gasteiger partial charge >= 0.3 is 0 Å². The van der Waals surface area contributed by atoms with E-state index in [9.17, 15) is 4.79 Å². The van der Waals surface area contributed by atoms with Gasteiger partial charge in [0.05, 0.1) is 25.5 Å². The van der Waals surface area contributed by atoms with Gasteiger partial charge in [-0.05, 0) is 56.0 Å². The summed E-state index contributed by atoms with van der Waals surface area (Å²) in [6, 6.07) is 18.5. The number of benzene rings is 2. The first-order valence-corrected chi connectivity index (χ1v) is 11.9. The third-order valence-electron chi connectivity index (χ3n) is 6.70. The van der Waals surface area contributed by atoms with Crippen molar-refractivity contribution in [2.75, 3.05) is 14.2 Å². The molecule has 2 aromatic carbocycles. The molecule has 5 heteroatoms. The Morgan fingerprint density at radius 1 is 1.00 bits per heavy atom. The number of carbonyl (C=O) groups excluding carboxylic acids is 1. The summed E-state index contributed by atoms with van der Waals surface area (Å²) in [5, 5.41) is 3.28. The van der Waals surface area contributed by atoms with Crippen LogP contribution >= 0.6 is 0 Å². The molecule has 1 aliphatic rings. The van der Waals surface area contributed by atoms with Crippen molar-refractivity contribution < 1.29 is 14.3 Å². The van der Waals surface area contributed by atoms with E-state index in [1.165, 1.54) is 24.8 Å². The van der Waals surface area contributed by atoms with Gasteiger partial charge in [0.15, 0.2) is 0 Å². The zero-order valence-electron chi connectivity index (χ0n) is 19.9. The molecular weight excluding hydrogens is 412 g/mol. The first kappa shape index (κ1) is 23.0. The minimum absolute atomic E-state index is 0.0148. The second-order valence-corrected chi connectivity index (χ2v) is 8.79. The van der Waals surface area contributed by atoms with Crippen LogP contribution in [0.2, 0.25) is 0 Å². The monoisotopic (exact) mass is 446 g/mol. The average Bonchev–Trinajstić information content (AvgIpc) is 3.19. The lowest BCUT2D eigenvalue weighted by Gasteiger charge is -2.22. The number of hydrogen-bond donors (Lipinski definition) is 1. The molecule has 0 atom stereocenters. The highest BCUT2D eigenvalue weighted by Crippen LogP contribution is 2.36. The van der Waals surface area contributed by atoms with Crippen LogP contribution < -0.4 is 14.8 Å². The Kier molecular flexibility index (Phi) is 7.38. The van der Waals surface area contributed by atoms with E-state index in [0.717, 1.165) is 59.8 Å². The third kappa shape index (κ3) is 5.24. The van der Waals surface area contributed by atoms with Gasteiger partial charge in [-0.25, -0.2) is 0 Å². The molecule has 1 fully saturated rings. The molecule has 1 heterocycles. The highest BCUT2D eigenvalue weighted by molar-refractivity contribution is 5.97. The maximum Gasteiger partial charge on any atom is 0.253 e. The van der Waals surface area contributed by atoms with Crippen molar-refractivity contribution in [2.24, 2.45) is 0 Å². The number of nitrogens with one attached hydrogen (secondary N) is 1. The summed E-state index contributed by atoms with van der Waals surface area (Å²) >= 11 is 0. The van der Waals surface area contributed by atoms with Gasteiger partial charge in [0.25, 0.3) is 5.91 Å². The summed E-state index contributed by atoms with van der Waals surface area (Å²) in [6.07, 6.45) is 6.65. The molecule has 0 saturated heterocycles. The smallest absolute Gasteiger partial charge is 0.253 e. The Morgan fingerprint density at radius 2 is 1.76 bits per heavy atom. The Bertz CT molecular complexity index is 1080. The minimum atomic E-state index is 0.0148. The molecule has 0 bridgehead atoms. The normalized spacial score (nSPS) is 14.2. The summed E-state index contributed by atoms with van der Waals surface area (Å²) < 4.78 is 13.4. The Balaban J connectivity index is 1.72. The maximum absolute atomic E-state index is 13.3. The van der Waals surface area contributed by atoms with Crippen LogP contribution in [0.1, 0.15) is 53.7 Å².